The van der Waals surface area contributed by atoms with Gasteiger partial charge in [-0.05, 0) is 42.5 Å². The molecule has 2 aromatic carbocycles. The van der Waals surface area contributed by atoms with Crippen molar-refractivity contribution in [1.29, 1.82) is 0 Å². The number of methoxy groups -OCH3 is 2. The lowest BCUT2D eigenvalue weighted by Gasteiger charge is -2.13. The first-order chi connectivity index (χ1) is 14.4. The van der Waals surface area contributed by atoms with Crippen molar-refractivity contribution in [2.45, 2.75) is 9.92 Å². The van der Waals surface area contributed by atoms with E-state index in [2.05, 4.69) is 15.3 Å². The summed E-state index contributed by atoms with van der Waals surface area (Å²) in [5.74, 6) is -0.879. The molecule has 0 amide bonds. The fourth-order valence-electron chi connectivity index (χ4n) is 2.48. The second-order valence-electron chi connectivity index (χ2n) is 5.90. The van der Waals surface area contributed by atoms with E-state index in [1.165, 1.54) is 50.5 Å². The van der Waals surface area contributed by atoms with Gasteiger partial charge in [0.1, 0.15) is 17.0 Å². The quantitative estimate of drug-likeness (QED) is 0.426. The highest BCUT2D eigenvalue weighted by atomic mass is 35.5. The van der Waals surface area contributed by atoms with E-state index in [1.54, 1.807) is 12.1 Å². The summed E-state index contributed by atoms with van der Waals surface area (Å²) < 4.78 is 9.49. The highest BCUT2D eigenvalue weighted by Crippen LogP contribution is 2.34. The number of carbonyl (C=O) groups excluding carboxylic acids is 2. The normalized spacial score (nSPS) is 10.4. The van der Waals surface area contributed by atoms with Gasteiger partial charge in [-0.3, -0.25) is 0 Å². The number of nitrogens with zero attached hydrogens (tertiary/aromatic N) is 2. The molecule has 0 fully saturated rings. The lowest BCUT2D eigenvalue weighted by atomic mass is 10.1. The zero-order valence-electron chi connectivity index (χ0n) is 16.0. The molecule has 0 radical (unpaired) electrons. The molecule has 3 N–H and O–H groups in total. The number of carbonyl (C=O) groups is 2. The van der Waals surface area contributed by atoms with Crippen LogP contribution in [0.2, 0.25) is 5.02 Å². The van der Waals surface area contributed by atoms with E-state index < -0.39 is 11.9 Å². The molecule has 0 bridgehead atoms. The maximum Gasteiger partial charge on any atom is 0.337 e. The van der Waals surface area contributed by atoms with Gasteiger partial charge >= 0.3 is 11.9 Å². The van der Waals surface area contributed by atoms with Crippen LogP contribution in [0.3, 0.4) is 0 Å². The van der Waals surface area contributed by atoms with E-state index in [0.29, 0.717) is 27.2 Å². The minimum atomic E-state index is -0.599. The van der Waals surface area contributed by atoms with Crippen LogP contribution in [-0.4, -0.2) is 36.1 Å². The molecule has 0 unspecified atom stereocenters. The van der Waals surface area contributed by atoms with Gasteiger partial charge in [-0.1, -0.05) is 23.4 Å². The Kier molecular flexibility index (Phi) is 6.76. The number of rotatable bonds is 6. The van der Waals surface area contributed by atoms with Crippen LogP contribution >= 0.6 is 23.4 Å². The van der Waals surface area contributed by atoms with Crippen molar-refractivity contribution < 1.29 is 19.1 Å². The van der Waals surface area contributed by atoms with E-state index >= 15 is 0 Å². The van der Waals surface area contributed by atoms with Crippen molar-refractivity contribution >= 4 is 52.5 Å². The molecular weight excluding hydrogens is 428 g/mol. The van der Waals surface area contributed by atoms with Gasteiger partial charge in [-0.2, -0.15) is 0 Å². The fraction of sp³-hybridized carbons (Fsp3) is 0.100. The first kappa shape index (κ1) is 21.4. The van der Waals surface area contributed by atoms with Crippen LogP contribution in [-0.2, 0) is 9.47 Å². The Morgan fingerprint density at radius 1 is 1.00 bits per heavy atom. The second kappa shape index (κ2) is 9.47. The Hall–Kier alpha value is -3.30. The second-order valence-corrected chi connectivity index (χ2v) is 7.40. The molecule has 8 nitrogen and oxygen atoms in total. The van der Waals surface area contributed by atoms with Gasteiger partial charge in [0.15, 0.2) is 5.82 Å². The number of ether oxygens (including phenoxy) is 2. The van der Waals surface area contributed by atoms with E-state index in [1.807, 2.05) is 12.1 Å². The lowest BCUT2D eigenvalue weighted by molar-refractivity contribution is 0.0599. The van der Waals surface area contributed by atoms with Crippen LogP contribution in [0.4, 0.5) is 17.2 Å². The summed E-state index contributed by atoms with van der Waals surface area (Å²) in [6.07, 6.45) is 1.36. The van der Waals surface area contributed by atoms with Gasteiger partial charge in [0.05, 0.1) is 25.3 Å². The predicted octanol–water partition coefficient (Wildman–Crippen LogP) is 4.18. The Bertz CT molecular complexity index is 1060. The number of nitrogen functional groups attached to an aromatic ring is 1. The van der Waals surface area contributed by atoms with Crippen molar-refractivity contribution in [1.82, 2.24) is 9.97 Å². The Balaban J connectivity index is 1.93. The molecule has 0 saturated heterocycles. The summed E-state index contributed by atoms with van der Waals surface area (Å²) in [5.41, 5.74) is 7.30. The number of esters is 2. The van der Waals surface area contributed by atoms with E-state index in [4.69, 9.17) is 26.8 Å². The van der Waals surface area contributed by atoms with Crippen molar-refractivity contribution in [2.75, 3.05) is 25.3 Å². The smallest absolute Gasteiger partial charge is 0.337 e. The minimum Gasteiger partial charge on any atom is -0.465 e. The standard InChI is InChI=1S/C20H17ClN4O4S/c1-28-19(26)11-7-12(20(27)29-2)9-14(8-11)25-17-16(22)18(24-10-23-17)30-15-5-3-13(21)4-6-15/h3-10H,22H2,1-2H3,(H,23,24,25). The van der Waals surface area contributed by atoms with Crippen molar-refractivity contribution in [3.05, 3.63) is 64.9 Å². The average Bonchev–Trinajstić information content (AvgIpc) is 2.76. The number of hydrogen-bond donors (Lipinski definition) is 2. The van der Waals surface area contributed by atoms with Gasteiger partial charge < -0.3 is 20.5 Å². The molecule has 30 heavy (non-hydrogen) atoms. The SMILES string of the molecule is COC(=O)c1cc(Nc2ncnc(Sc3ccc(Cl)cc3)c2N)cc(C(=O)OC)c1. The number of benzene rings is 2. The van der Waals surface area contributed by atoms with Crippen molar-refractivity contribution in [2.24, 2.45) is 0 Å². The van der Waals surface area contributed by atoms with Gasteiger partial charge in [-0.25, -0.2) is 19.6 Å². The minimum absolute atomic E-state index is 0.172. The number of aromatic nitrogens is 2. The van der Waals surface area contributed by atoms with Crippen LogP contribution in [0.1, 0.15) is 20.7 Å². The topological polar surface area (TPSA) is 116 Å². The molecule has 0 aliphatic rings. The Labute approximate surface area is 181 Å². The first-order valence-electron chi connectivity index (χ1n) is 8.54. The highest BCUT2D eigenvalue weighted by molar-refractivity contribution is 7.99. The molecule has 154 valence electrons. The number of hydrogen-bond acceptors (Lipinski definition) is 9. The molecule has 0 aliphatic heterocycles. The largest absolute Gasteiger partial charge is 0.465 e. The monoisotopic (exact) mass is 444 g/mol. The Morgan fingerprint density at radius 3 is 2.17 bits per heavy atom. The van der Waals surface area contributed by atoms with Crippen LogP contribution < -0.4 is 11.1 Å². The first-order valence-corrected chi connectivity index (χ1v) is 9.73. The predicted molar refractivity (Wildman–Crippen MR) is 114 cm³/mol. The molecule has 0 saturated carbocycles. The van der Waals surface area contributed by atoms with E-state index in [9.17, 15) is 9.59 Å². The molecular formula is C20H17ClN4O4S. The van der Waals surface area contributed by atoms with Crippen LogP contribution in [0.25, 0.3) is 0 Å². The third kappa shape index (κ3) is 5.00. The van der Waals surface area contributed by atoms with Gasteiger partial charge in [0, 0.05) is 15.6 Å². The van der Waals surface area contributed by atoms with Gasteiger partial charge in [0.25, 0.3) is 0 Å². The molecule has 10 heteroatoms. The molecule has 0 spiro atoms. The van der Waals surface area contributed by atoms with Crippen LogP contribution in [0.5, 0.6) is 0 Å². The number of nitrogens with one attached hydrogen (secondary N) is 1. The van der Waals surface area contributed by atoms with Crippen LogP contribution in [0, 0.1) is 0 Å². The number of anilines is 3. The van der Waals surface area contributed by atoms with E-state index in [-0.39, 0.29) is 11.1 Å². The molecule has 3 rings (SSSR count). The van der Waals surface area contributed by atoms with Crippen LogP contribution in [0.15, 0.2) is 58.7 Å². The molecule has 0 aliphatic carbocycles. The maximum atomic E-state index is 12.0. The zero-order chi connectivity index (χ0) is 21.7. The summed E-state index contributed by atoms with van der Waals surface area (Å²) in [6, 6.07) is 11.7. The highest BCUT2D eigenvalue weighted by Gasteiger charge is 2.16. The summed E-state index contributed by atoms with van der Waals surface area (Å²) in [7, 11) is 2.51. The summed E-state index contributed by atoms with van der Waals surface area (Å²) in [4.78, 5) is 33.2. The van der Waals surface area contributed by atoms with E-state index in [0.717, 1.165) is 4.90 Å². The Morgan fingerprint density at radius 2 is 1.60 bits per heavy atom. The van der Waals surface area contributed by atoms with Crippen molar-refractivity contribution in [3.63, 3.8) is 0 Å². The summed E-state index contributed by atoms with van der Waals surface area (Å²) in [6.45, 7) is 0. The molecule has 0 atom stereocenters. The summed E-state index contributed by atoms with van der Waals surface area (Å²) >= 11 is 7.26. The van der Waals surface area contributed by atoms with Gasteiger partial charge in [-0.15, -0.1) is 0 Å². The zero-order valence-corrected chi connectivity index (χ0v) is 17.6. The number of halogens is 1. The summed E-state index contributed by atoms with van der Waals surface area (Å²) in [5, 5.41) is 4.18. The van der Waals surface area contributed by atoms with Crippen molar-refractivity contribution in [3.8, 4) is 0 Å². The molecule has 1 heterocycles. The molecule has 1 aromatic heterocycles. The average molecular weight is 445 g/mol. The third-order valence-corrected chi connectivity index (χ3v) is 5.19. The maximum absolute atomic E-state index is 12.0. The van der Waals surface area contributed by atoms with Gasteiger partial charge in [0.2, 0.25) is 0 Å². The number of nitrogens with two attached hydrogens (primary N) is 1. The third-order valence-electron chi connectivity index (χ3n) is 3.91. The molecule has 3 aromatic rings. The lowest BCUT2D eigenvalue weighted by Crippen LogP contribution is -2.09. The fourth-order valence-corrected chi connectivity index (χ4v) is 3.41.